The van der Waals surface area contributed by atoms with Crippen LogP contribution in [0.2, 0.25) is 0 Å². The molecule has 0 fully saturated rings. The molecule has 0 amide bonds. The van der Waals surface area contributed by atoms with Crippen LogP contribution in [0.5, 0.6) is 0 Å². The Morgan fingerprint density at radius 1 is 0.516 bits per heavy atom. The number of unbranched alkanes of at least 4 members (excludes halogenated alkanes) is 15. The van der Waals surface area contributed by atoms with Gasteiger partial charge in [0.2, 0.25) is 0 Å². The van der Waals surface area contributed by atoms with Crippen molar-refractivity contribution in [2.75, 3.05) is 12.3 Å². The zero-order chi connectivity index (χ0) is 23.4. The zero-order valence-corrected chi connectivity index (χ0v) is 23.1. The summed E-state index contributed by atoms with van der Waals surface area (Å²) in [5.41, 5.74) is 0. The van der Waals surface area contributed by atoms with Crippen molar-refractivity contribution >= 4 is 7.26 Å². The van der Waals surface area contributed by atoms with Gasteiger partial charge in [0.1, 0.15) is 0 Å². The molecule has 0 bridgehead atoms. The minimum absolute atomic E-state index is 0.277. The largest absolute Gasteiger partial charge is 0.359 e. The minimum Gasteiger partial charge on any atom is -0.359 e. The first-order valence-corrected chi connectivity index (χ1v) is 16.5. The third-order valence-corrected chi connectivity index (χ3v) is 12.7. The van der Waals surface area contributed by atoms with Crippen LogP contribution in [0.1, 0.15) is 150 Å². The lowest BCUT2D eigenvalue weighted by molar-refractivity contribution is 0.211. The Bertz CT molecular complexity index is 362. The lowest BCUT2D eigenvalue weighted by atomic mass is 10.0. The molecule has 0 heterocycles. The highest BCUT2D eigenvalue weighted by atomic mass is 31.2. The Morgan fingerprint density at radius 2 is 0.839 bits per heavy atom. The van der Waals surface area contributed by atoms with Crippen molar-refractivity contribution in [2.45, 2.75) is 162 Å². The lowest BCUT2D eigenvalue weighted by Crippen LogP contribution is -2.30. The molecule has 0 aromatic carbocycles. The molecule has 31 heavy (non-hydrogen) atoms. The van der Waals surface area contributed by atoms with E-state index < -0.39 is 7.26 Å². The predicted octanol–water partition coefficient (Wildman–Crippen LogP) is 9.38. The van der Waals surface area contributed by atoms with E-state index in [1.807, 2.05) is 0 Å². The van der Waals surface area contributed by atoms with Gasteiger partial charge in [-0.2, -0.15) is 0 Å². The van der Waals surface area contributed by atoms with Crippen molar-refractivity contribution in [3.63, 3.8) is 0 Å². The van der Waals surface area contributed by atoms with E-state index in [9.17, 15) is 10.2 Å². The lowest BCUT2D eigenvalue weighted by Gasteiger charge is -2.36. The van der Waals surface area contributed by atoms with E-state index in [-0.39, 0.29) is 11.7 Å². The summed E-state index contributed by atoms with van der Waals surface area (Å²) in [5.74, 6) is -0.000766. The molecule has 0 aliphatic rings. The molecule has 0 rings (SSSR count). The maximum Gasteiger partial charge on any atom is 0.166 e. The Hall–Kier alpha value is 0.350. The van der Waals surface area contributed by atoms with Crippen LogP contribution in [0.15, 0.2) is 0 Å². The van der Waals surface area contributed by atoms with Crippen LogP contribution < -0.4 is 0 Å². The van der Waals surface area contributed by atoms with Crippen LogP contribution in [0.3, 0.4) is 0 Å². The highest BCUT2D eigenvalue weighted by Gasteiger charge is 2.49. The third kappa shape index (κ3) is 15.0. The van der Waals surface area contributed by atoms with Gasteiger partial charge in [-0.05, 0) is 18.8 Å². The molecule has 0 aliphatic heterocycles. The molecule has 0 aromatic rings. The Morgan fingerprint density at radius 3 is 1.13 bits per heavy atom. The summed E-state index contributed by atoms with van der Waals surface area (Å²) in [6.07, 6.45) is 25.9. The second-order valence-electron chi connectivity index (χ2n) is 10.5. The fraction of sp³-hybridized carbons (Fsp3) is 1.00. The van der Waals surface area contributed by atoms with Gasteiger partial charge in [0.25, 0.3) is 0 Å². The van der Waals surface area contributed by atoms with Gasteiger partial charge in [0, 0.05) is 12.8 Å². The molecule has 0 aliphatic carbocycles. The molecular formula is C28H60O2P+. The topological polar surface area (TPSA) is 40.5 Å². The first kappa shape index (κ1) is 31.4. The van der Waals surface area contributed by atoms with Gasteiger partial charge in [-0.1, -0.05) is 125 Å². The molecule has 2 nitrogen and oxygen atoms in total. The summed E-state index contributed by atoms with van der Waals surface area (Å²) in [4.78, 5) is 0. The maximum absolute atomic E-state index is 10.8. The fourth-order valence-corrected chi connectivity index (χ4v) is 10.5. The van der Waals surface area contributed by atoms with Gasteiger partial charge < -0.3 is 10.2 Å². The van der Waals surface area contributed by atoms with E-state index >= 15 is 0 Å². The first-order valence-electron chi connectivity index (χ1n) is 14.2. The molecule has 0 saturated carbocycles. The molecule has 2 unspecified atom stereocenters. The second kappa shape index (κ2) is 20.9. The van der Waals surface area contributed by atoms with E-state index in [2.05, 4.69) is 34.6 Å². The van der Waals surface area contributed by atoms with Crippen molar-refractivity contribution in [1.29, 1.82) is 0 Å². The van der Waals surface area contributed by atoms with E-state index in [4.69, 9.17) is 0 Å². The normalized spacial score (nSPS) is 15.9. The average Bonchev–Trinajstić information content (AvgIpc) is 2.76. The molecule has 3 heteroatoms. The molecule has 0 radical (unpaired) electrons. The van der Waals surface area contributed by atoms with E-state index in [1.165, 1.54) is 103 Å². The molecule has 0 aromatic heterocycles. The van der Waals surface area contributed by atoms with Gasteiger partial charge in [-0.15, -0.1) is 0 Å². The Balaban J connectivity index is 3.84. The van der Waals surface area contributed by atoms with Gasteiger partial charge >= 0.3 is 0 Å². The van der Waals surface area contributed by atoms with Crippen molar-refractivity contribution < 1.29 is 10.2 Å². The standard InChI is InChI=1S/C28H60O2P/c1-6-9-10-11-12-13-14-15-16-17-18-19-20-21-22-23-24-31(25-26(4)5,27(29)7-2)28(30)8-3/h26-30H,6-25H2,1-5H3/q+1. The summed E-state index contributed by atoms with van der Waals surface area (Å²) in [7, 11) is -1.71. The van der Waals surface area contributed by atoms with Gasteiger partial charge in [-0.3, -0.25) is 0 Å². The highest BCUT2D eigenvalue weighted by molar-refractivity contribution is 7.76. The van der Waals surface area contributed by atoms with Crippen molar-refractivity contribution in [2.24, 2.45) is 5.92 Å². The van der Waals surface area contributed by atoms with E-state index in [0.717, 1.165) is 25.2 Å². The molecular weight excluding hydrogens is 399 g/mol. The summed E-state index contributed by atoms with van der Waals surface area (Å²) in [6.45, 7) is 10.9. The van der Waals surface area contributed by atoms with Crippen LogP contribution in [-0.2, 0) is 0 Å². The molecule has 2 N–H and O–H groups in total. The molecule has 0 saturated heterocycles. The number of aliphatic hydroxyl groups is 2. The summed E-state index contributed by atoms with van der Waals surface area (Å²) < 4.78 is 0. The third-order valence-electron chi connectivity index (χ3n) is 7.05. The van der Waals surface area contributed by atoms with Crippen LogP contribution in [0, 0.1) is 5.92 Å². The van der Waals surface area contributed by atoms with Gasteiger partial charge in [0.15, 0.2) is 11.7 Å². The van der Waals surface area contributed by atoms with E-state index in [1.54, 1.807) is 0 Å². The highest BCUT2D eigenvalue weighted by Crippen LogP contribution is 2.68. The monoisotopic (exact) mass is 459 g/mol. The SMILES string of the molecule is CCCCCCCCCCCCCCCCCC[P+](CC(C)C)(C(O)CC)C(O)CC. The van der Waals surface area contributed by atoms with Crippen LogP contribution in [0.4, 0.5) is 0 Å². The predicted molar refractivity (Wildman–Crippen MR) is 144 cm³/mol. The summed E-state index contributed by atoms with van der Waals surface area (Å²) in [5, 5.41) is 21.7. The van der Waals surface area contributed by atoms with Crippen molar-refractivity contribution in [3.8, 4) is 0 Å². The van der Waals surface area contributed by atoms with Crippen molar-refractivity contribution in [1.82, 2.24) is 0 Å². The fourth-order valence-electron chi connectivity index (χ4n) is 5.19. The van der Waals surface area contributed by atoms with Crippen LogP contribution in [0.25, 0.3) is 0 Å². The summed E-state index contributed by atoms with van der Waals surface area (Å²) in [6, 6.07) is 0. The van der Waals surface area contributed by atoms with Gasteiger partial charge in [-0.25, -0.2) is 0 Å². The molecule has 188 valence electrons. The number of hydrogen-bond donors (Lipinski definition) is 2. The maximum atomic E-state index is 10.8. The number of aliphatic hydroxyl groups excluding tert-OH is 2. The van der Waals surface area contributed by atoms with E-state index in [0.29, 0.717) is 5.92 Å². The zero-order valence-electron chi connectivity index (χ0n) is 22.2. The molecule has 2 atom stereocenters. The second-order valence-corrected chi connectivity index (χ2v) is 14.7. The van der Waals surface area contributed by atoms with Crippen molar-refractivity contribution in [3.05, 3.63) is 0 Å². The Labute approximate surface area is 197 Å². The number of hydrogen-bond acceptors (Lipinski definition) is 2. The Kier molecular flexibility index (Phi) is 21.2. The minimum atomic E-state index is -1.71. The molecule has 0 spiro atoms. The van der Waals surface area contributed by atoms with Gasteiger partial charge in [0.05, 0.1) is 19.6 Å². The summed E-state index contributed by atoms with van der Waals surface area (Å²) >= 11 is 0. The van der Waals surface area contributed by atoms with Crippen LogP contribution >= 0.6 is 7.26 Å². The average molecular weight is 460 g/mol. The first-order chi connectivity index (χ1) is 14.9. The smallest absolute Gasteiger partial charge is 0.166 e. The van der Waals surface area contributed by atoms with Crippen LogP contribution in [-0.4, -0.2) is 34.2 Å². The quantitative estimate of drug-likeness (QED) is 0.118. The number of rotatable bonds is 23.